The lowest BCUT2D eigenvalue weighted by atomic mass is 10.1. The molecule has 1 heterocycles. The number of hydrogen-bond acceptors (Lipinski definition) is 4. The highest BCUT2D eigenvalue weighted by atomic mass is 35.5. The molecule has 1 N–H and O–H groups in total. The number of benzene rings is 3. The highest BCUT2D eigenvalue weighted by Crippen LogP contribution is 2.30. The number of anilines is 1. The number of nitrogens with zero attached hydrogens (tertiary/aromatic N) is 3. The average molecular weight is 549 g/mol. The summed E-state index contributed by atoms with van der Waals surface area (Å²) in [5, 5.41) is 4.34. The third-order valence-electron chi connectivity index (χ3n) is 6.27. The van der Waals surface area contributed by atoms with Crippen molar-refractivity contribution in [1.82, 2.24) is 9.99 Å². The molecule has 7 nitrogen and oxygen atoms in total. The van der Waals surface area contributed by atoms with E-state index in [-0.39, 0.29) is 15.6 Å². The number of para-hydroxylation sites is 2. The zero-order valence-electron chi connectivity index (χ0n) is 21.6. The Balaban J connectivity index is 1.58. The van der Waals surface area contributed by atoms with Gasteiger partial charge in [-0.25, -0.2) is 13.8 Å². The van der Waals surface area contributed by atoms with E-state index in [4.69, 9.17) is 11.6 Å². The first-order valence-electron chi connectivity index (χ1n) is 12.0. The smallest absolute Gasteiger partial charge is 0.264 e. The Bertz CT molecular complexity index is 1590. The summed E-state index contributed by atoms with van der Waals surface area (Å²) < 4.78 is 30.0. The zero-order chi connectivity index (χ0) is 27.4. The van der Waals surface area contributed by atoms with Crippen molar-refractivity contribution in [2.24, 2.45) is 5.10 Å². The van der Waals surface area contributed by atoms with Crippen LogP contribution in [0.1, 0.15) is 28.1 Å². The molecule has 3 aromatic carbocycles. The van der Waals surface area contributed by atoms with Gasteiger partial charge in [-0.1, -0.05) is 60.1 Å². The van der Waals surface area contributed by atoms with Crippen LogP contribution in [0, 0.1) is 27.7 Å². The Hall–Kier alpha value is -3.88. The summed E-state index contributed by atoms with van der Waals surface area (Å²) in [7, 11) is -4.06. The van der Waals surface area contributed by atoms with Gasteiger partial charge in [-0.3, -0.25) is 9.10 Å². The second-order valence-electron chi connectivity index (χ2n) is 8.97. The van der Waals surface area contributed by atoms with Crippen molar-refractivity contribution in [1.29, 1.82) is 0 Å². The zero-order valence-corrected chi connectivity index (χ0v) is 23.2. The van der Waals surface area contributed by atoms with E-state index < -0.39 is 22.5 Å². The van der Waals surface area contributed by atoms with Crippen LogP contribution in [-0.4, -0.2) is 31.7 Å². The molecule has 0 fully saturated rings. The Kier molecular flexibility index (Phi) is 8.04. The van der Waals surface area contributed by atoms with Crippen molar-refractivity contribution in [3.05, 3.63) is 112 Å². The fourth-order valence-electron chi connectivity index (χ4n) is 4.43. The summed E-state index contributed by atoms with van der Waals surface area (Å²) in [6.07, 6.45) is 1.57. The molecule has 0 aliphatic carbocycles. The SMILES string of the molecule is Cc1cccc(C)c1-n1c(C)cc(/C=N/NC(=O)CN(c2ccccc2Cl)S(=O)(=O)c2ccccc2)c1C. The molecule has 0 aliphatic rings. The van der Waals surface area contributed by atoms with Crippen LogP contribution in [0.2, 0.25) is 5.02 Å². The minimum absolute atomic E-state index is 0.0511. The van der Waals surface area contributed by atoms with Gasteiger partial charge in [-0.05, 0) is 69.2 Å². The number of amides is 1. The van der Waals surface area contributed by atoms with Gasteiger partial charge in [0.15, 0.2) is 0 Å². The molecule has 196 valence electrons. The second kappa shape index (κ2) is 11.2. The summed E-state index contributed by atoms with van der Waals surface area (Å²) >= 11 is 6.32. The molecule has 9 heteroatoms. The number of hydrazone groups is 1. The van der Waals surface area contributed by atoms with E-state index in [2.05, 4.69) is 41.1 Å². The molecule has 0 unspecified atom stereocenters. The summed E-state index contributed by atoms with van der Waals surface area (Å²) in [4.78, 5) is 12.9. The van der Waals surface area contributed by atoms with Gasteiger partial charge in [0.05, 0.1) is 27.5 Å². The van der Waals surface area contributed by atoms with Gasteiger partial charge in [0.1, 0.15) is 6.54 Å². The molecule has 1 aromatic heterocycles. The fourth-order valence-corrected chi connectivity index (χ4v) is 6.18. The minimum Gasteiger partial charge on any atom is -0.317 e. The third kappa shape index (κ3) is 5.51. The van der Waals surface area contributed by atoms with Crippen molar-refractivity contribution in [2.45, 2.75) is 32.6 Å². The highest BCUT2D eigenvalue weighted by Gasteiger charge is 2.28. The standard InChI is InChI=1S/C29H29ClN4O3S/c1-20-11-10-12-21(2)29(20)34-22(3)17-24(23(34)4)18-31-32-28(35)19-33(27-16-9-8-15-26(27)30)38(36,37)25-13-6-5-7-14-25/h5-18H,19H2,1-4H3,(H,32,35)/b31-18+. The van der Waals surface area contributed by atoms with Gasteiger partial charge in [0, 0.05) is 17.0 Å². The third-order valence-corrected chi connectivity index (χ3v) is 8.36. The van der Waals surface area contributed by atoms with E-state index in [1.165, 1.54) is 12.1 Å². The van der Waals surface area contributed by atoms with E-state index in [0.29, 0.717) is 0 Å². The van der Waals surface area contributed by atoms with Crippen LogP contribution >= 0.6 is 11.6 Å². The number of sulfonamides is 1. The average Bonchev–Trinajstić information content (AvgIpc) is 3.16. The van der Waals surface area contributed by atoms with Crippen molar-refractivity contribution >= 4 is 39.4 Å². The normalized spacial score (nSPS) is 11.6. The molecule has 0 saturated heterocycles. The fraction of sp³-hybridized carbons (Fsp3) is 0.172. The van der Waals surface area contributed by atoms with Crippen LogP contribution in [0.4, 0.5) is 5.69 Å². The Labute approximate surface area is 228 Å². The monoisotopic (exact) mass is 548 g/mol. The largest absolute Gasteiger partial charge is 0.317 e. The molecule has 0 bridgehead atoms. The molecule has 0 spiro atoms. The number of aromatic nitrogens is 1. The molecule has 1 amide bonds. The van der Waals surface area contributed by atoms with Gasteiger partial charge in [0.25, 0.3) is 15.9 Å². The van der Waals surface area contributed by atoms with Crippen LogP contribution < -0.4 is 9.73 Å². The van der Waals surface area contributed by atoms with E-state index in [0.717, 1.165) is 38.1 Å². The first-order chi connectivity index (χ1) is 18.1. The Morgan fingerprint density at radius 3 is 2.24 bits per heavy atom. The van der Waals surface area contributed by atoms with Crippen LogP contribution in [-0.2, 0) is 14.8 Å². The lowest BCUT2D eigenvalue weighted by Crippen LogP contribution is -2.39. The molecule has 4 aromatic rings. The van der Waals surface area contributed by atoms with Crippen LogP contribution in [0.25, 0.3) is 5.69 Å². The lowest BCUT2D eigenvalue weighted by Gasteiger charge is -2.24. The van der Waals surface area contributed by atoms with E-state index in [9.17, 15) is 13.2 Å². The van der Waals surface area contributed by atoms with Crippen LogP contribution in [0.3, 0.4) is 0 Å². The number of halogens is 1. The van der Waals surface area contributed by atoms with E-state index >= 15 is 0 Å². The topological polar surface area (TPSA) is 83.8 Å². The van der Waals surface area contributed by atoms with Gasteiger partial charge in [-0.2, -0.15) is 5.10 Å². The van der Waals surface area contributed by atoms with Gasteiger partial charge in [0.2, 0.25) is 0 Å². The summed E-state index contributed by atoms with van der Waals surface area (Å²) in [6.45, 7) is 7.66. The minimum atomic E-state index is -4.06. The van der Waals surface area contributed by atoms with Crippen molar-refractivity contribution in [2.75, 3.05) is 10.8 Å². The Morgan fingerprint density at radius 2 is 1.58 bits per heavy atom. The summed E-state index contributed by atoms with van der Waals surface area (Å²) in [6, 6.07) is 22.6. The quantitative estimate of drug-likeness (QED) is 0.226. The predicted molar refractivity (Wildman–Crippen MR) is 153 cm³/mol. The first kappa shape index (κ1) is 27.2. The van der Waals surface area contributed by atoms with Crippen molar-refractivity contribution < 1.29 is 13.2 Å². The highest BCUT2D eigenvalue weighted by molar-refractivity contribution is 7.92. The molecule has 4 rings (SSSR count). The van der Waals surface area contributed by atoms with Crippen LogP contribution in [0.5, 0.6) is 0 Å². The van der Waals surface area contributed by atoms with Crippen molar-refractivity contribution in [3.8, 4) is 5.69 Å². The number of carbonyl (C=O) groups excluding carboxylic acids is 1. The number of hydrogen-bond donors (Lipinski definition) is 1. The number of rotatable bonds is 8. The molecule has 0 atom stereocenters. The van der Waals surface area contributed by atoms with Gasteiger partial charge < -0.3 is 4.57 Å². The maximum Gasteiger partial charge on any atom is 0.264 e. The lowest BCUT2D eigenvalue weighted by molar-refractivity contribution is -0.119. The van der Waals surface area contributed by atoms with Crippen LogP contribution in [0.15, 0.2) is 88.9 Å². The number of nitrogens with one attached hydrogen (secondary N) is 1. The first-order valence-corrected chi connectivity index (χ1v) is 13.8. The Morgan fingerprint density at radius 1 is 0.947 bits per heavy atom. The predicted octanol–water partition coefficient (Wildman–Crippen LogP) is 5.71. The second-order valence-corrected chi connectivity index (χ2v) is 11.2. The maximum atomic E-state index is 13.4. The summed E-state index contributed by atoms with van der Waals surface area (Å²) in [5.41, 5.74) is 8.94. The van der Waals surface area contributed by atoms with Gasteiger partial charge in [-0.15, -0.1) is 0 Å². The number of carbonyl (C=O) groups is 1. The summed E-state index contributed by atoms with van der Waals surface area (Å²) in [5.74, 6) is -0.607. The molecule has 0 saturated carbocycles. The molecule has 0 radical (unpaired) electrons. The molecule has 0 aliphatic heterocycles. The van der Waals surface area contributed by atoms with Crippen molar-refractivity contribution in [3.63, 3.8) is 0 Å². The maximum absolute atomic E-state index is 13.4. The molecule has 38 heavy (non-hydrogen) atoms. The number of aryl methyl sites for hydroxylation is 3. The van der Waals surface area contributed by atoms with E-state index in [1.54, 1.807) is 48.7 Å². The molecular weight excluding hydrogens is 520 g/mol. The molecular formula is C29H29ClN4O3S. The van der Waals surface area contributed by atoms with Gasteiger partial charge >= 0.3 is 0 Å². The van der Waals surface area contributed by atoms with E-state index in [1.807, 2.05) is 26.0 Å².